The monoisotopic (exact) mass is 214 g/mol. The Balaban J connectivity index is 2.03. The van der Waals surface area contributed by atoms with Gasteiger partial charge in [0.1, 0.15) is 0 Å². The average Bonchev–Trinajstić information content (AvgIpc) is 2.82. The summed E-state index contributed by atoms with van der Waals surface area (Å²) in [6.07, 6.45) is 8.17. The van der Waals surface area contributed by atoms with E-state index in [1.54, 1.807) is 12.4 Å². The summed E-state index contributed by atoms with van der Waals surface area (Å²) in [5.74, 6) is 0.375. The molecule has 1 aromatic heterocycles. The molecule has 2 aliphatic rings. The summed E-state index contributed by atoms with van der Waals surface area (Å²) >= 11 is 0. The van der Waals surface area contributed by atoms with Crippen LogP contribution in [0.3, 0.4) is 0 Å². The molecule has 0 spiro atoms. The van der Waals surface area contributed by atoms with Gasteiger partial charge in [0, 0.05) is 18.0 Å². The van der Waals surface area contributed by atoms with E-state index in [0.29, 0.717) is 5.92 Å². The Morgan fingerprint density at radius 1 is 1.25 bits per heavy atom. The fourth-order valence-corrected chi connectivity index (χ4v) is 2.85. The molecule has 82 valence electrons. The second kappa shape index (κ2) is 3.81. The van der Waals surface area contributed by atoms with Crippen LogP contribution in [0.4, 0.5) is 0 Å². The highest BCUT2D eigenvalue weighted by Gasteiger charge is 2.35. The van der Waals surface area contributed by atoms with Crippen LogP contribution in [0.15, 0.2) is 23.3 Å². The first-order valence-corrected chi connectivity index (χ1v) is 5.89. The van der Waals surface area contributed by atoms with Crippen LogP contribution in [-0.2, 0) is 4.79 Å². The van der Waals surface area contributed by atoms with E-state index < -0.39 is 0 Å². The second-order valence-electron chi connectivity index (χ2n) is 4.60. The van der Waals surface area contributed by atoms with Crippen molar-refractivity contribution in [2.24, 2.45) is 10.9 Å². The second-order valence-corrected chi connectivity index (χ2v) is 4.60. The Morgan fingerprint density at radius 2 is 2.06 bits per heavy atom. The number of hydrogen-bond donors (Lipinski definition) is 0. The maximum absolute atomic E-state index is 11.9. The van der Waals surface area contributed by atoms with Crippen LogP contribution in [0.5, 0.6) is 0 Å². The zero-order chi connectivity index (χ0) is 11.0. The lowest BCUT2D eigenvalue weighted by atomic mass is 9.84. The van der Waals surface area contributed by atoms with Gasteiger partial charge < -0.3 is 0 Å². The molecule has 0 saturated heterocycles. The predicted molar refractivity (Wildman–Crippen MR) is 61.5 cm³/mol. The molecule has 3 nitrogen and oxygen atoms in total. The predicted octanol–water partition coefficient (Wildman–Crippen LogP) is 2.31. The molecule has 0 bridgehead atoms. The quantitative estimate of drug-likeness (QED) is 0.720. The van der Waals surface area contributed by atoms with Crippen LogP contribution < -0.4 is 0 Å². The van der Waals surface area contributed by atoms with E-state index in [1.807, 2.05) is 12.1 Å². The van der Waals surface area contributed by atoms with Crippen molar-refractivity contribution in [2.45, 2.75) is 31.6 Å². The van der Waals surface area contributed by atoms with Gasteiger partial charge >= 0.3 is 0 Å². The number of rotatable bonds is 1. The third kappa shape index (κ3) is 1.47. The first kappa shape index (κ1) is 9.70. The van der Waals surface area contributed by atoms with Crippen LogP contribution in [0.25, 0.3) is 0 Å². The van der Waals surface area contributed by atoms with E-state index in [4.69, 9.17) is 0 Å². The Kier molecular flexibility index (Phi) is 2.31. The number of amides is 1. The van der Waals surface area contributed by atoms with Gasteiger partial charge in [0.15, 0.2) is 0 Å². The Hall–Kier alpha value is -1.51. The van der Waals surface area contributed by atoms with Crippen LogP contribution in [0, 0.1) is 5.92 Å². The number of fused-ring (bicyclic) bond motifs is 1. The summed E-state index contributed by atoms with van der Waals surface area (Å²) in [7, 11) is 0. The minimum atomic E-state index is -0.0799. The zero-order valence-electron chi connectivity index (χ0n) is 9.10. The van der Waals surface area contributed by atoms with Crippen LogP contribution in [0.2, 0.25) is 0 Å². The molecule has 1 amide bonds. The zero-order valence-corrected chi connectivity index (χ0v) is 9.10. The number of carbonyl (C=O) groups excluding carboxylic acids is 1. The highest BCUT2D eigenvalue weighted by atomic mass is 16.1. The summed E-state index contributed by atoms with van der Waals surface area (Å²) in [6.45, 7) is 0. The highest BCUT2D eigenvalue weighted by Crippen LogP contribution is 2.39. The average molecular weight is 214 g/mol. The minimum Gasteiger partial charge on any atom is -0.272 e. The molecule has 1 saturated carbocycles. The maximum atomic E-state index is 11.9. The minimum absolute atomic E-state index is 0.00176. The lowest BCUT2D eigenvalue weighted by Crippen LogP contribution is -2.24. The third-order valence-electron chi connectivity index (χ3n) is 3.63. The SMILES string of the molecule is O=C1N=Cc2cccnc2C1C1CCCC1. The number of pyridine rings is 1. The van der Waals surface area contributed by atoms with E-state index in [0.717, 1.165) is 24.1 Å². The maximum Gasteiger partial charge on any atom is 0.255 e. The van der Waals surface area contributed by atoms with Gasteiger partial charge in [0.25, 0.3) is 5.91 Å². The van der Waals surface area contributed by atoms with E-state index in [-0.39, 0.29) is 11.8 Å². The lowest BCUT2D eigenvalue weighted by molar-refractivity contribution is -0.120. The van der Waals surface area contributed by atoms with Crippen LogP contribution in [-0.4, -0.2) is 17.1 Å². The van der Waals surface area contributed by atoms with Gasteiger partial charge in [-0.1, -0.05) is 18.9 Å². The summed E-state index contributed by atoms with van der Waals surface area (Å²) in [6, 6.07) is 3.88. The van der Waals surface area contributed by atoms with Crippen molar-refractivity contribution >= 4 is 12.1 Å². The van der Waals surface area contributed by atoms with Gasteiger partial charge in [-0.2, -0.15) is 0 Å². The van der Waals surface area contributed by atoms with Gasteiger partial charge in [-0.05, 0) is 24.8 Å². The van der Waals surface area contributed by atoms with E-state index >= 15 is 0 Å². The molecule has 1 aliphatic heterocycles. The van der Waals surface area contributed by atoms with Gasteiger partial charge in [-0.25, -0.2) is 4.99 Å². The molecule has 0 radical (unpaired) electrons. The number of nitrogens with zero attached hydrogens (tertiary/aromatic N) is 2. The van der Waals surface area contributed by atoms with Crippen molar-refractivity contribution in [3.63, 3.8) is 0 Å². The fourth-order valence-electron chi connectivity index (χ4n) is 2.85. The topological polar surface area (TPSA) is 42.3 Å². The molecule has 1 atom stereocenters. The molecule has 1 aliphatic carbocycles. The van der Waals surface area contributed by atoms with Crippen molar-refractivity contribution in [3.8, 4) is 0 Å². The smallest absolute Gasteiger partial charge is 0.255 e. The van der Waals surface area contributed by atoms with Crippen molar-refractivity contribution in [3.05, 3.63) is 29.6 Å². The molecule has 0 aromatic carbocycles. The van der Waals surface area contributed by atoms with Gasteiger partial charge in [-0.3, -0.25) is 9.78 Å². The van der Waals surface area contributed by atoms with Gasteiger partial charge in [0.05, 0.1) is 11.6 Å². The summed E-state index contributed by atoms with van der Waals surface area (Å²) in [5, 5.41) is 0. The molecule has 1 fully saturated rings. The van der Waals surface area contributed by atoms with E-state index in [2.05, 4.69) is 9.98 Å². The third-order valence-corrected chi connectivity index (χ3v) is 3.63. The molecule has 1 aromatic rings. The standard InChI is InChI=1S/C13H14N2O/c16-13-11(9-4-1-2-5-9)12-10(8-15-13)6-3-7-14-12/h3,6-9,11H,1-2,4-5H2. The number of aromatic nitrogens is 1. The molecular formula is C13H14N2O. The Labute approximate surface area is 94.6 Å². The summed E-state index contributed by atoms with van der Waals surface area (Å²) in [5.41, 5.74) is 1.95. The molecule has 0 N–H and O–H groups in total. The van der Waals surface area contributed by atoms with Gasteiger partial charge in [-0.15, -0.1) is 0 Å². The molecule has 16 heavy (non-hydrogen) atoms. The molecule has 3 heteroatoms. The highest BCUT2D eigenvalue weighted by molar-refractivity contribution is 6.00. The number of carbonyl (C=O) groups is 1. The van der Waals surface area contributed by atoms with Gasteiger partial charge in [0.2, 0.25) is 0 Å². The van der Waals surface area contributed by atoms with Crippen molar-refractivity contribution in [1.29, 1.82) is 0 Å². The first-order chi connectivity index (χ1) is 7.86. The molecule has 3 rings (SSSR count). The van der Waals surface area contributed by atoms with Crippen LogP contribution in [0.1, 0.15) is 42.9 Å². The summed E-state index contributed by atoms with van der Waals surface area (Å²) in [4.78, 5) is 20.3. The van der Waals surface area contributed by atoms with Crippen molar-refractivity contribution in [1.82, 2.24) is 4.98 Å². The Bertz CT molecular complexity index is 447. The van der Waals surface area contributed by atoms with Crippen molar-refractivity contribution < 1.29 is 4.79 Å². The Morgan fingerprint density at radius 3 is 2.88 bits per heavy atom. The number of aliphatic imine (C=N–C) groups is 1. The molecule has 1 unspecified atom stereocenters. The normalized spacial score (nSPS) is 24.8. The first-order valence-electron chi connectivity index (χ1n) is 5.89. The van der Waals surface area contributed by atoms with Crippen LogP contribution >= 0.6 is 0 Å². The lowest BCUT2D eigenvalue weighted by Gasteiger charge is -2.23. The number of hydrogen-bond acceptors (Lipinski definition) is 2. The summed E-state index contributed by atoms with van der Waals surface area (Å²) < 4.78 is 0. The van der Waals surface area contributed by atoms with Crippen molar-refractivity contribution in [2.75, 3.05) is 0 Å². The largest absolute Gasteiger partial charge is 0.272 e. The van der Waals surface area contributed by atoms with E-state index in [1.165, 1.54) is 12.8 Å². The molecular weight excluding hydrogens is 200 g/mol. The molecule has 2 heterocycles. The fraction of sp³-hybridized carbons (Fsp3) is 0.462. The van der Waals surface area contributed by atoms with E-state index in [9.17, 15) is 4.79 Å².